The fourth-order valence-electron chi connectivity index (χ4n) is 5.60. The predicted molar refractivity (Wildman–Crippen MR) is 185 cm³/mol. The molecule has 1 N–H and O–H groups in total. The maximum absolute atomic E-state index is 14.5. The number of anilines is 1. The predicted octanol–water partition coefficient (Wildman–Crippen LogP) is 6.09. The van der Waals surface area contributed by atoms with Gasteiger partial charge in [0.15, 0.2) is 11.5 Å². The van der Waals surface area contributed by atoms with Gasteiger partial charge < -0.3 is 29.2 Å². The lowest BCUT2D eigenvalue weighted by atomic mass is 9.95. The van der Waals surface area contributed by atoms with Gasteiger partial charge in [-0.05, 0) is 61.7 Å². The van der Waals surface area contributed by atoms with E-state index in [0.717, 1.165) is 36.4 Å². The summed E-state index contributed by atoms with van der Waals surface area (Å²) in [5, 5.41) is 3.69. The smallest absolute Gasteiger partial charge is 0.265 e. The number of nitrogens with one attached hydrogen (secondary N) is 1. The molecule has 3 aromatic rings. The van der Waals surface area contributed by atoms with E-state index in [1.165, 1.54) is 57.6 Å². The van der Waals surface area contributed by atoms with Crippen LogP contribution in [0.1, 0.15) is 44.6 Å². The maximum Gasteiger partial charge on any atom is 0.265 e. The van der Waals surface area contributed by atoms with Crippen LogP contribution in [0.15, 0.2) is 59.5 Å². The van der Waals surface area contributed by atoms with Gasteiger partial charge in [0, 0.05) is 24.7 Å². The molecule has 4 rings (SSSR count). The molecule has 1 atom stereocenters. The number of hydrogen-bond acceptors (Lipinski definition) is 8. The van der Waals surface area contributed by atoms with Gasteiger partial charge in [0.1, 0.15) is 24.1 Å². The largest absolute Gasteiger partial charge is 0.497 e. The third-order valence-electron chi connectivity index (χ3n) is 8.33. The Labute approximate surface area is 292 Å². The number of halogens is 2. The molecule has 0 saturated heterocycles. The summed E-state index contributed by atoms with van der Waals surface area (Å²) < 4.78 is 51.5. The Hall–Kier alpha value is -3.87. The number of sulfonamides is 1. The highest BCUT2D eigenvalue weighted by atomic mass is 35.5. The van der Waals surface area contributed by atoms with E-state index in [1.54, 1.807) is 37.3 Å². The van der Waals surface area contributed by atoms with Gasteiger partial charge in [-0.3, -0.25) is 13.9 Å². The first-order chi connectivity index (χ1) is 22.9. The summed E-state index contributed by atoms with van der Waals surface area (Å²) in [6, 6.07) is 12.7. The highest BCUT2D eigenvalue weighted by Crippen LogP contribution is 2.38. The second-order valence-corrected chi connectivity index (χ2v) is 14.0. The summed E-state index contributed by atoms with van der Waals surface area (Å²) in [5.41, 5.74) is 0.650. The van der Waals surface area contributed by atoms with Crippen molar-refractivity contribution >= 4 is 50.7 Å². The number of benzene rings is 3. The van der Waals surface area contributed by atoms with Gasteiger partial charge in [-0.15, -0.1) is 0 Å². The van der Waals surface area contributed by atoms with Crippen LogP contribution in [0.4, 0.5) is 5.69 Å². The van der Waals surface area contributed by atoms with Gasteiger partial charge in [-0.25, -0.2) is 8.42 Å². The van der Waals surface area contributed by atoms with Crippen LogP contribution in [0, 0.1) is 0 Å². The van der Waals surface area contributed by atoms with E-state index in [4.69, 9.17) is 42.1 Å². The average Bonchev–Trinajstić information content (AvgIpc) is 3.10. The minimum Gasteiger partial charge on any atom is -0.497 e. The van der Waals surface area contributed by atoms with E-state index < -0.39 is 28.5 Å². The molecule has 11 nitrogen and oxygen atoms in total. The SMILES string of the molecule is COc1ccc(OC)c(N(CC(=O)N(Cc2ccc(Cl)c(Cl)c2)[C@@H](C)C(=O)NC2CCCCC2)S(=O)(=O)c2ccc(OC)c(OC)c2)c1. The molecule has 0 spiro atoms. The zero-order chi connectivity index (χ0) is 35.0. The van der Waals surface area contributed by atoms with Gasteiger partial charge in [-0.1, -0.05) is 48.5 Å². The van der Waals surface area contributed by atoms with Gasteiger partial charge in [0.2, 0.25) is 11.8 Å². The van der Waals surface area contributed by atoms with Crippen molar-refractivity contribution in [2.24, 2.45) is 0 Å². The number of carbonyl (C=O) groups is 2. The van der Waals surface area contributed by atoms with Crippen LogP contribution in [0.3, 0.4) is 0 Å². The molecule has 1 aliphatic rings. The van der Waals surface area contributed by atoms with Crippen molar-refractivity contribution in [1.82, 2.24) is 10.2 Å². The number of hydrogen-bond donors (Lipinski definition) is 1. The molecule has 260 valence electrons. The highest BCUT2D eigenvalue weighted by Gasteiger charge is 2.35. The van der Waals surface area contributed by atoms with Crippen LogP contribution in [0.5, 0.6) is 23.0 Å². The molecule has 1 fully saturated rings. The Morgan fingerprint density at radius 2 is 1.50 bits per heavy atom. The van der Waals surface area contributed by atoms with E-state index in [9.17, 15) is 18.0 Å². The first-order valence-electron chi connectivity index (χ1n) is 15.4. The summed E-state index contributed by atoms with van der Waals surface area (Å²) in [5.74, 6) is 0.00985. The highest BCUT2D eigenvalue weighted by molar-refractivity contribution is 7.92. The Balaban J connectivity index is 1.79. The molecule has 0 unspecified atom stereocenters. The monoisotopic (exact) mass is 721 g/mol. The third-order valence-corrected chi connectivity index (χ3v) is 10.8. The van der Waals surface area contributed by atoms with Gasteiger partial charge in [0.25, 0.3) is 10.0 Å². The summed E-state index contributed by atoms with van der Waals surface area (Å²) in [6.45, 7) is 0.879. The van der Waals surface area contributed by atoms with Gasteiger partial charge in [0.05, 0.1) is 49.1 Å². The maximum atomic E-state index is 14.5. The lowest BCUT2D eigenvalue weighted by Crippen LogP contribution is -2.53. The number of carbonyl (C=O) groups excluding carboxylic acids is 2. The van der Waals surface area contributed by atoms with E-state index >= 15 is 0 Å². The van der Waals surface area contributed by atoms with E-state index in [0.29, 0.717) is 22.1 Å². The zero-order valence-corrected chi connectivity index (χ0v) is 30.0. The average molecular weight is 723 g/mol. The van der Waals surface area contributed by atoms with E-state index in [2.05, 4.69) is 5.32 Å². The summed E-state index contributed by atoms with van der Waals surface area (Å²) in [7, 11) is 1.18. The zero-order valence-electron chi connectivity index (χ0n) is 27.6. The topological polar surface area (TPSA) is 124 Å². The standard InChI is InChI=1S/C34H41Cl2N3O8S/c1-22(34(41)37-24-9-7-6-8-10-24)38(20-23-11-14-27(35)28(36)17-23)33(40)21-39(29-18-25(44-2)12-15-30(29)45-3)48(42,43)26-13-16-31(46-4)32(19-26)47-5/h11-19,22,24H,6-10,20-21H2,1-5H3,(H,37,41)/t22-/m0/s1. The van der Waals surface area contributed by atoms with Crippen LogP contribution in [-0.2, 0) is 26.2 Å². The Morgan fingerprint density at radius 3 is 2.12 bits per heavy atom. The lowest BCUT2D eigenvalue weighted by Gasteiger charge is -2.33. The normalized spacial score (nSPS) is 14.1. The number of methoxy groups -OCH3 is 4. The molecule has 0 radical (unpaired) electrons. The van der Waals surface area contributed by atoms with Crippen molar-refractivity contribution in [1.29, 1.82) is 0 Å². The molecule has 0 aromatic heterocycles. The van der Waals surface area contributed by atoms with Crippen molar-refractivity contribution < 1.29 is 37.0 Å². The molecule has 14 heteroatoms. The van der Waals surface area contributed by atoms with Crippen molar-refractivity contribution in [3.05, 3.63) is 70.2 Å². The van der Waals surface area contributed by atoms with Crippen molar-refractivity contribution in [2.75, 3.05) is 39.3 Å². The number of rotatable bonds is 14. The molecule has 1 saturated carbocycles. The Kier molecular flexibility index (Phi) is 12.7. The fraction of sp³-hybridized carbons (Fsp3) is 0.412. The third kappa shape index (κ3) is 8.58. The van der Waals surface area contributed by atoms with E-state index in [1.807, 2.05) is 0 Å². The second-order valence-electron chi connectivity index (χ2n) is 11.4. The number of ether oxygens (including phenoxy) is 4. The minimum absolute atomic E-state index is 0.00129. The summed E-state index contributed by atoms with van der Waals surface area (Å²) in [4.78, 5) is 29.2. The van der Waals surface area contributed by atoms with Gasteiger partial charge >= 0.3 is 0 Å². The molecule has 48 heavy (non-hydrogen) atoms. The molecule has 2 amide bonds. The Morgan fingerprint density at radius 1 is 0.833 bits per heavy atom. The number of nitrogens with zero attached hydrogens (tertiary/aromatic N) is 2. The van der Waals surface area contributed by atoms with Crippen LogP contribution in [-0.4, -0.2) is 72.2 Å². The second kappa shape index (κ2) is 16.5. The lowest BCUT2D eigenvalue weighted by molar-refractivity contribution is -0.139. The first kappa shape index (κ1) is 37.0. The number of amides is 2. The van der Waals surface area contributed by atoms with Crippen molar-refractivity contribution in [2.45, 2.75) is 62.6 Å². The van der Waals surface area contributed by atoms with Crippen LogP contribution >= 0.6 is 23.2 Å². The van der Waals surface area contributed by atoms with Gasteiger partial charge in [-0.2, -0.15) is 0 Å². The van der Waals surface area contributed by atoms with Crippen LogP contribution in [0.25, 0.3) is 0 Å². The summed E-state index contributed by atoms with van der Waals surface area (Å²) >= 11 is 12.5. The summed E-state index contributed by atoms with van der Waals surface area (Å²) in [6.07, 6.45) is 4.84. The van der Waals surface area contributed by atoms with Crippen molar-refractivity contribution in [3.63, 3.8) is 0 Å². The molecule has 0 heterocycles. The molecular formula is C34H41Cl2N3O8S. The first-order valence-corrected chi connectivity index (χ1v) is 17.6. The molecule has 1 aliphatic carbocycles. The van der Waals surface area contributed by atoms with Crippen LogP contribution in [0.2, 0.25) is 10.0 Å². The van der Waals surface area contributed by atoms with Crippen molar-refractivity contribution in [3.8, 4) is 23.0 Å². The fourth-order valence-corrected chi connectivity index (χ4v) is 7.35. The minimum atomic E-state index is -4.48. The Bertz CT molecular complexity index is 1720. The van der Waals surface area contributed by atoms with Crippen LogP contribution < -0.4 is 28.6 Å². The van der Waals surface area contributed by atoms with E-state index in [-0.39, 0.29) is 45.6 Å². The molecular weight excluding hydrogens is 681 g/mol. The molecule has 3 aromatic carbocycles. The molecule has 0 bridgehead atoms. The quantitative estimate of drug-likeness (QED) is 0.212. The molecule has 0 aliphatic heterocycles.